The summed E-state index contributed by atoms with van der Waals surface area (Å²) in [6.45, 7) is 5.97. The summed E-state index contributed by atoms with van der Waals surface area (Å²) in [7, 11) is 0. The summed E-state index contributed by atoms with van der Waals surface area (Å²) in [6, 6.07) is 0. The molecule has 1 saturated carbocycles. The van der Waals surface area contributed by atoms with Crippen molar-refractivity contribution in [1.29, 1.82) is 0 Å². The molecule has 0 unspecified atom stereocenters. The van der Waals surface area contributed by atoms with E-state index in [9.17, 15) is 13.2 Å². The van der Waals surface area contributed by atoms with Crippen molar-refractivity contribution in [2.24, 2.45) is 11.7 Å². The van der Waals surface area contributed by atoms with E-state index in [1.54, 1.807) is 0 Å². The molecule has 0 aromatic heterocycles. The molecule has 20 heavy (non-hydrogen) atoms. The van der Waals surface area contributed by atoms with Crippen LogP contribution in [0.25, 0.3) is 0 Å². The van der Waals surface area contributed by atoms with Gasteiger partial charge in [0.25, 0.3) is 0 Å². The number of ether oxygens (including phenoxy) is 1. The maximum absolute atomic E-state index is 12.8. The quantitative estimate of drug-likeness (QED) is 0.850. The van der Waals surface area contributed by atoms with Gasteiger partial charge in [0, 0.05) is 25.2 Å². The SMILES string of the molecule is C[C@@H]1CN(C2(CN)CCC(C(F)(F)F)CC2)C[C@H](C)O1. The van der Waals surface area contributed by atoms with Crippen molar-refractivity contribution in [3.63, 3.8) is 0 Å². The molecule has 0 spiro atoms. The Balaban J connectivity index is 2.04. The number of alkyl halides is 3. The standard InChI is InChI=1S/C14H25F3N2O/c1-10-7-19(8-11(2)20-10)13(9-18)5-3-12(4-6-13)14(15,16)17/h10-12H,3-9,18H2,1-2H3/t10-,11+,12?,13?. The molecule has 0 bridgehead atoms. The molecule has 2 rings (SSSR count). The van der Waals surface area contributed by atoms with Gasteiger partial charge in [0.15, 0.2) is 0 Å². The van der Waals surface area contributed by atoms with Crippen LogP contribution in [0.2, 0.25) is 0 Å². The van der Waals surface area contributed by atoms with Crippen LogP contribution >= 0.6 is 0 Å². The first-order valence-corrected chi connectivity index (χ1v) is 7.44. The summed E-state index contributed by atoms with van der Waals surface area (Å²) < 4.78 is 44.1. The summed E-state index contributed by atoms with van der Waals surface area (Å²) >= 11 is 0. The second kappa shape index (κ2) is 5.81. The van der Waals surface area contributed by atoms with Gasteiger partial charge in [-0.2, -0.15) is 13.2 Å². The Bertz CT molecular complexity index is 317. The van der Waals surface area contributed by atoms with Crippen LogP contribution in [0.15, 0.2) is 0 Å². The lowest BCUT2D eigenvalue weighted by Crippen LogP contribution is -2.62. The minimum absolute atomic E-state index is 0.113. The summed E-state index contributed by atoms with van der Waals surface area (Å²) in [5, 5.41) is 0. The predicted molar refractivity (Wildman–Crippen MR) is 71.4 cm³/mol. The van der Waals surface area contributed by atoms with Gasteiger partial charge in [0.1, 0.15) is 0 Å². The van der Waals surface area contributed by atoms with Gasteiger partial charge >= 0.3 is 6.18 Å². The Morgan fingerprint density at radius 2 is 1.65 bits per heavy atom. The predicted octanol–water partition coefficient (Wildman–Crippen LogP) is 2.55. The van der Waals surface area contributed by atoms with E-state index < -0.39 is 12.1 Å². The molecular weight excluding hydrogens is 269 g/mol. The van der Waals surface area contributed by atoms with Crippen LogP contribution in [0, 0.1) is 5.92 Å². The average molecular weight is 294 g/mol. The molecule has 2 aliphatic rings. The zero-order valence-electron chi connectivity index (χ0n) is 12.2. The molecule has 1 aliphatic carbocycles. The van der Waals surface area contributed by atoms with E-state index >= 15 is 0 Å². The largest absolute Gasteiger partial charge is 0.391 e. The second-order valence-corrected chi connectivity index (χ2v) is 6.41. The van der Waals surface area contributed by atoms with Gasteiger partial charge in [-0.1, -0.05) is 0 Å². The first-order chi connectivity index (χ1) is 9.27. The summed E-state index contributed by atoms with van der Waals surface area (Å²) in [6.07, 6.45) is -2.38. The fraction of sp³-hybridized carbons (Fsp3) is 1.00. The lowest BCUT2D eigenvalue weighted by atomic mass is 9.74. The number of morpholine rings is 1. The third-order valence-corrected chi connectivity index (χ3v) is 4.85. The molecule has 0 aromatic rings. The number of hydrogen-bond donors (Lipinski definition) is 1. The van der Waals surface area contributed by atoms with E-state index in [4.69, 9.17) is 10.5 Å². The molecule has 118 valence electrons. The van der Waals surface area contributed by atoms with E-state index in [1.807, 2.05) is 13.8 Å². The number of nitrogens with two attached hydrogens (primary N) is 1. The third-order valence-electron chi connectivity index (χ3n) is 4.85. The fourth-order valence-electron chi connectivity index (χ4n) is 3.70. The average Bonchev–Trinajstić information content (AvgIpc) is 2.36. The minimum Gasteiger partial charge on any atom is -0.373 e. The summed E-state index contributed by atoms with van der Waals surface area (Å²) in [5.41, 5.74) is 5.68. The molecule has 0 aromatic carbocycles. The Kier molecular flexibility index (Phi) is 4.66. The summed E-state index contributed by atoms with van der Waals surface area (Å²) in [4.78, 5) is 2.28. The molecule has 2 atom stereocenters. The molecule has 1 aliphatic heterocycles. The van der Waals surface area contributed by atoms with Crippen molar-refractivity contribution in [1.82, 2.24) is 4.90 Å². The number of rotatable bonds is 2. The van der Waals surface area contributed by atoms with Gasteiger partial charge in [0.05, 0.1) is 18.1 Å². The summed E-state index contributed by atoms with van der Waals surface area (Å²) in [5.74, 6) is -1.15. The van der Waals surface area contributed by atoms with E-state index in [1.165, 1.54) is 0 Å². The Morgan fingerprint density at radius 1 is 1.15 bits per heavy atom. The number of halogens is 3. The lowest BCUT2D eigenvalue weighted by molar-refractivity contribution is -0.192. The molecule has 2 fully saturated rings. The van der Waals surface area contributed by atoms with Gasteiger partial charge in [-0.25, -0.2) is 0 Å². The Morgan fingerprint density at radius 3 is 2.05 bits per heavy atom. The number of hydrogen-bond acceptors (Lipinski definition) is 3. The molecule has 0 amide bonds. The Labute approximate surface area is 118 Å². The first kappa shape index (κ1) is 16.0. The highest BCUT2D eigenvalue weighted by molar-refractivity contribution is 4.99. The van der Waals surface area contributed by atoms with Gasteiger partial charge in [0.2, 0.25) is 0 Å². The van der Waals surface area contributed by atoms with Crippen molar-refractivity contribution in [3.05, 3.63) is 0 Å². The van der Waals surface area contributed by atoms with Gasteiger partial charge in [-0.05, 0) is 39.5 Å². The lowest BCUT2D eigenvalue weighted by Gasteiger charge is -2.51. The van der Waals surface area contributed by atoms with Crippen LogP contribution in [0.4, 0.5) is 13.2 Å². The van der Waals surface area contributed by atoms with Crippen molar-refractivity contribution in [2.45, 2.75) is 63.5 Å². The molecule has 1 heterocycles. The zero-order valence-corrected chi connectivity index (χ0v) is 12.2. The van der Waals surface area contributed by atoms with Crippen LogP contribution in [-0.2, 0) is 4.74 Å². The topological polar surface area (TPSA) is 38.5 Å². The van der Waals surface area contributed by atoms with Crippen LogP contribution in [0.1, 0.15) is 39.5 Å². The fourth-order valence-corrected chi connectivity index (χ4v) is 3.70. The molecule has 2 N–H and O–H groups in total. The molecule has 3 nitrogen and oxygen atoms in total. The van der Waals surface area contributed by atoms with Crippen LogP contribution in [0.5, 0.6) is 0 Å². The smallest absolute Gasteiger partial charge is 0.373 e. The first-order valence-electron chi connectivity index (χ1n) is 7.44. The molecular formula is C14H25F3N2O. The van der Waals surface area contributed by atoms with Gasteiger partial charge in [-0.3, -0.25) is 4.90 Å². The van der Waals surface area contributed by atoms with E-state index in [2.05, 4.69) is 4.90 Å². The van der Waals surface area contributed by atoms with Crippen LogP contribution in [0.3, 0.4) is 0 Å². The maximum Gasteiger partial charge on any atom is 0.391 e. The van der Waals surface area contributed by atoms with Crippen LogP contribution < -0.4 is 5.73 Å². The zero-order chi connectivity index (χ0) is 15.0. The third kappa shape index (κ3) is 3.28. The Hall–Kier alpha value is -0.330. The van der Waals surface area contributed by atoms with E-state index in [0.29, 0.717) is 19.4 Å². The highest BCUT2D eigenvalue weighted by Crippen LogP contribution is 2.43. The molecule has 0 radical (unpaired) electrons. The van der Waals surface area contributed by atoms with Crippen LogP contribution in [-0.4, -0.2) is 48.5 Å². The van der Waals surface area contributed by atoms with Gasteiger partial charge < -0.3 is 10.5 Å². The highest BCUT2D eigenvalue weighted by atomic mass is 19.4. The second-order valence-electron chi connectivity index (χ2n) is 6.41. The van der Waals surface area contributed by atoms with E-state index in [-0.39, 0.29) is 30.6 Å². The monoisotopic (exact) mass is 294 g/mol. The van der Waals surface area contributed by atoms with Crippen molar-refractivity contribution < 1.29 is 17.9 Å². The van der Waals surface area contributed by atoms with Gasteiger partial charge in [-0.15, -0.1) is 0 Å². The maximum atomic E-state index is 12.8. The van der Waals surface area contributed by atoms with Crippen molar-refractivity contribution >= 4 is 0 Å². The highest BCUT2D eigenvalue weighted by Gasteiger charge is 2.48. The minimum atomic E-state index is -4.06. The van der Waals surface area contributed by atoms with Crippen molar-refractivity contribution in [2.75, 3.05) is 19.6 Å². The van der Waals surface area contributed by atoms with E-state index in [0.717, 1.165) is 13.1 Å². The number of nitrogens with zero attached hydrogens (tertiary/aromatic N) is 1. The molecule has 6 heteroatoms. The normalized spacial score (nSPS) is 40.8. The van der Waals surface area contributed by atoms with Crippen molar-refractivity contribution in [3.8, 4) is 0 Å². The molecule has 1 saturated heterocycles.